The summed E-state index contributed by atoms with van der Waals surface area (Å²) in [7, 11) is 0. The van der Waals surface area contributed by atoms with Crippen molar-refractivity contribution in [3.63, 3.8) is 0 Å². The molecule has 0 amide bonds. The number of ether oxygens (including phenoxy) is 3. The predicted octanol–water partition coefficient (Wildman–Crippen LogP) is 3.82. The van der Waals surface area contributed by atoms with Crippen LogP contribution in [0.1, 0.15) is 11.1 Å². The highest BCUT2D eigenvalue weighted by Crippen LogP contribution is 2.33. The molecule has 3 aromatic rings. The van der Waals surface area contributed by atoms with Crippen molar-refractivity contribution in [3.8, 4) is 17.2 Å². The van der Waals surface area contributed by atoms with Crippen molar-refractivity contribution >= 4 is 0 Å². The van der Waals surface area contributed by atoms with Gasteiger partial charge in [0.05, 0.1) is 0 Å². The summed E-state index contributed by atoms with van der Waals surface area (Å²) in [5.74, 6) is 0.722. The third-order valence-corrected chi connectivity index (χ3v) is 4.24. The van der Waals surface area contributed by atoms with Gasteiger partial charge in [0.15, 0.2) is 11.5 Å². The van der Waals surface area contributed by atoms with Crippen LogP contribution in [0.4, 0.5) is 8.78 Å². The van der Waals surface area contributed by atoms with Crippen LogP contribution < -0.4 is 19.9 Å². The third kappa shape index (κ3) is 6.43. The van der Waals surface area contributed by atoms with E-state index in [-0.39, 0.29) is 38.0 Å². The Bertz CT molecular complexity index is 933. The summed E-state index contributed by atoms with van der Waals surface area (Å²) in [4.78, 5) is 0. The quantitative estimate of drug-likeness (QED) is 0.527. The maximum atomic E-state index is 13.1. The zero-order chi connectivity index (χ0) is 21.3. The largest absolute Gasteiger partial charge is 0.491 e. The summed E-state index contributed by atoms with van der Waals surface area (Å²) in [5, 5.41) is 9.58. The van der Waals surface area contributed by atoms with Crippen LogP contribution in [0.5, 0.6) is 17.2 Å². The Morgan fingerprint density at radius 3 is 1.80 bits per heavy atom. The Morgan fingerprint density at radius 1 is 0.733 bits per heavy atom. The summed E-state index contributed by atoms with van der Waals surface area (Å²) < 4.78 is 43.4. The fraction of sp³-hybridized carbons (Fsp3) is 0.217. The van der Waals surface area contributed by atoms with Gasteiger partial charge in [-0.15, -0.1) is 0 Å². The average Bonchev–Trinajstić information content (AvgIpc) is 2.77. The molecule has 0 heterocycles. The molecule has 0 saturated carbocycles. The topological polar surface area (TPSA) is 73.9 Å². The van der Waals surface area contributed by atoms with Crippen molar-refractivity contribution in [2.75, 3.05) is 13.2 Å². The van der Waals surface area contributed by atoms with Gasteiger partial charge >= 0.3 is 0 Å². The molecule has 0 aliphatic carbocycles. The minimum atomic E-state index is -0.775. The number of nitrogens with two attached hydrogens (primary N) is 1. The summed E-state index contributed by atoms with van der Waals surface area (Å²) in [6, 6.07) is 17.0. The molecule has 3 aromatic carbocycles. The van der Waals surface area contributed by atoms with Crippen molar-refractivity contribution in [2.45, 2.75) is 19.3 Å². The van der Waals surface area contributed by atoms with E-state index in [4.69, 9.17) is 19.9 Å². The van der Waals surface area contributed by atoms with Crippen LogP contribution >= 0.6 is 0 Å². The Hall–Kier alpha value is -3.16. The van der Waals surface area contributed by atoms with Crippen molar-refractivity contribution in [1.82, 2.24) is 0 Å². The lowest BCUT2D eigenvalue weighted by Crippen LogP contribution is -2.26. The molecule has 1 unspecified atom stereocenters. The third-order valence-electron chi connectivity index (χ3n) is 4.24. The molecule has 1 atom stereocenters. The molecule has 0 aliphatic heterocycles. The number of hydrogen-bond acceptors (Lipinski definition) is 5. The van der Waals surface area contributed by atoms with Gasteiger partial charge in [-0.25, -0.2) is 8.78 Å². The van der Waals surface area contributed by atoms with E-state index >= 15 is 0 Å². The molecule has 7 heteroatoms. The van der Waals surface area contributed by atoms with E-state index in [0.29, 0.717) is 17.2 Å². The van der Waals surface area contributed by atoms with Crippen LogP contribution in [0.2, 0.25) is 0 Å². The van der Waals surface area contributed by atoms with E-state index in [9.17, 15) is 13.9 Å². The monoisotopic (exact) mass is 415 g/mol. The van der Waals surface area contributed by atoms with Crippen molar-refractivity contribution in [2.24, 2.45) is 5.73 Å². The highest BCUT2D eigenvalue weighted by molar-refractivity contribution is 5.46. The van der Waals surface area contributed by atoms with E-state index in [0.717, 1.165) is 11.1 Å². The zero-order valence-electron chi connectivity index (χ0n) is 16.3. The molecule has 30 heavy (non-hydrogen) atoms. The first kappa shape index (κ1) is 21.5. The van der Waals surface area contributed by atoms with Crippen LogP contribution in [0, 0.1) is 11.6 Å². The second-order valence-corrected chi connectivity index (χ2v) is 6.64. The Morgan fingerprint density at radius 2 is 1.27 bits per heavy atom. The van der Waals surface area contributed by atoms with E-state index in [1.54, 1.807) is 42.5 Å². The molecule has 0 fully saturated rings. The summed E-state index contributed by atoms with van der Waals surface area (Å²) in [6.45, 7) is 0.553. The maximum absolute atomic E-state index is 13.1. The van der Waals surface area contributed by atoms with Crippen LogP contribution in [-0.2, 0) is 13.2 Å². The minimum absolute atomic E-state index is 0.0453. The normalized spacial score (nSPS) is 11.7. The van der Waals surface area contributed by atoms with Crippen molar-refractivity contribution in [3.05, 3.63) is 89.5 Å². The van der Waals surface area contributed by atoms with Crippen LogP contribution in [0.15, 0.2) is 66.7 Å². The molecular formula is C23H23F2NO4. The summed E-state index contributed by atoms with van der Waals surface area (Å²) >= 11 is 0. The van der Waals surface area contributed by atoms with Gasteiger partial charge in [-0.05, 0) is 47.5 Å². The van der Waals surface area contributed by atoms with E-state index in [1.165, 1.54) is 24.3 Å². The first-order chi connectivity index (χ1) is 14.5. The van der Waals surface area contributed by atoms with Gasteiger partial charge in [0.2, 0.25) is 0 Å². The highest BCUT2D eigenvalue weighted by Gasteiger charge is 2.11. The Labute approximate surface area is 173 Å². The maximum Gasteiger partial charge on any atom is 0.165 e. The second-order valence-electron chi connectivity index (χ2n) is 6.64. The van der Waals surface area contributed by atoms with Gasteiger partial charge in [-0.3, -0.25) is 0 Å². The van der Waals surface area contributed by atoms with Gasteiger partial charge in [0.1, 0.15) is 43.3 Å². The molecule has 0 aliphatic rings. The number of aliphatic hydroxyl groups excluding tert-OH is 1. The number of aliphatic hydroxyl groups is 1. The number of benzene rings is 3. The van der Waals surface area contributed by atoms with Gasteiger partial charge in [-0.1, -0.05) is 24.3 Å². The fourth-order valence-corrected chi connectivity index (χ4v) is 2.55. The molecular weight excluding hydrogens is 392 g/mol. The van der Waals surface area contributed by atoms with Crippen molar-refractivity contribution < 1.29 is 28.1 Å². The predicted molar refractivity (Wildman–Crippen MR) is 108 cm³/mol. The first-order valence-corrected chi connectivity index (χ1v) is 9.43. The molecule has 3 N–H and O–H groups in total. The minimum Gasteiger partial charge on any atom is -0.491 e. The molecule has 158 valence electrons. The Balaban J connectivity index is 1.73. The lowest BCUT2D eigenvalue weighted by atomic mass is 10.2. The van der Waals surface area contributed by atoms with Gasteiger partial charge in [-0.2, -0.15) is 0 Å². The number of rotatable bonds is 10. The van der Waals surface area contributed by atoms with E-state index in [2.05, 4.69) is 0 Å². The average molecular weight is 415 g/mol. The lowest BCUT2D eigenvalue weighted by Gasteiger charge is -2.16. The van der Waals surface area contributed by atoms with Gasteiger partial charge < -0.3 is 25.1 Å². The van der Waals surface area contributed by atoms with Crippen LogP contribution in [0.25, 0.3) is 0 Å². The first-order valence-electron chi connectivity index (χ1n) is 9.43. The number of halogens is 2. The highest BCUT2D eigenvalue weighted by atomic mass is 19.1. The molecule has 0 spiro atoms. The van der Waals surface area contributed by atoms with E-state index in [1.807, 2.05) is 0 Å². The molecule has 3 rings (SSSR count). The summed E-state index contributed by atoms with van der Waals surface area (Å²) in [5.41, 5.74) is 6.97. The molecule has 5 nitrogen and oxygen atoms in total. The molecule has 0 radical (unpaired) electrons. The molecule has 0 aromatic heterocycles. The smallest absolute Gasteiger partial charge is 0.165 e. The van der Waals surface area contributed by atoms with Crippen LogP contribution in [-0.4, -0.2) is 24.4 Å². The van der Waals surface area contributed by atoms with Gasteiger partial charge in [0.25, 0.3) is 0 Å². The zero-order valence-corrected chi connectivity index (χ0v) is 16.3. The molecule has 0 saturated heterocycles. The van der Waals surface area contributed by atoms with Crippen molar-refractivity contribution in [1.29, 1.82) is 0 Å². The van der Waals surface area contributed by atoms with E-state index < -0.39 is 6.10 Å². The number of hydrogen-bond donors (Lipinski definition) is 2. The fourth-order valence-electron chi connectivity index (χ4n) is 2.55. The summed E-state index contributed by atoms with van der Waals surface area (Å²) in [6.07, 6.45) is -0.775. The second kappa shape index (κ2) is 10.6. The van der Waals surface area contributed by atoms with Gasteiger partial charge in [0, 0.05) is 12.6 Å². The lowest BCUT2D eigenvalue weighted by molar-refractivity contribution is 0.114. The molecule has 0 bridgehead atoms. The standard InChI is InChI=1S/C23H23F2NO4/c24-18-5-1-16(2-6-18)13-29-22-10-9-21(28-15-20(27)12-26)11-23(22)30-14-17-3-7-19(25)8-4-17/h1-11,20,27H,12-15,26H2. The Kier molecular flexibility index (Phi) is 7.59. The SMILES string of the molecule is NCC(O)COc1ccc(OCc2ccc(F)cc2)c(OCc2ccc(F)cc2)c1. The van der Waals surface area contributed by atoms with Crippen LogP contribution in [0.3, 0.4) is 0 Å².